The van der Waals surface area contributed by atoms with Crippen LogP contribution in [0.25, 0.3) is 23.3 Å². The van der Waals surface area contributed by atoms with Gasteiger partial charge in [-0.15, -0.1) is 0 Å². The molecule has 2 aliphatic rings. The molecule has 193 valence electrons. The summed E-state index contributed by atoms with van der Waals surface area (Å²) in [6.07, 6.45) is 4.85. The van der Waals surface area contributed by atoms with Crippen LogP contribution in [0.1, 0.15) is 67.0 Å². The van der Waals surface area contributed by atoms with Crippen LogP contribution < -0.4 is 0 Å². The summed E-state index contributed by atoms with van der Waals surface area (Å²) in [6, 6.07) is 20.1. The third-order valence-corrected chi connectivity index (χ3v) is 61.2. The topological polar surface area (TPSA) is 0 Å². The molecular formula is C33H39Cl2SiZr. The molecular weight excluding hydrogens is 587 g/mol. The monoisotopic (exact) mass is 623 g/mol. The van der Waals surface area contributed by atoms with Gasteiger partial charge in [0, 0.05) is 0 Å². The van der Waals surface area contributed by atoms with Gasteiger partial charge in [0.1, 0.15) is 0 Å². The zero-order valence-corrected chi connectivity index (χ0v) is 28.5. The fourth-order valence-corrected chi connectivity index (χ4v) is 39.3. The third-order valence-electron chi connectivity index (χ3n) is 9.24. The zero-order chi connectivity index (χ0) is 26.9. The Morgan fingerprint density at radius 3 is 2.05 bits per heavy atom. The van der Waals surface area contributed by atoms with Crippen LogP contribution in [0.15, 0.2) is 65.7 Å². The van der Waals surface area contributed by atoms with Crippen molar-refractivity contribution in [1.82, 2.24) is 0 Å². The van der Waals surface area contributed by atoms with E-state index >= 15 is 0 Å². The molecule has 3 aromatic carbocycles. The molecule has 0 fully saturated rings. The Labute approximate surface area is 232 Å². The van der Waals surface area contributed by atoms with Gasteiger partial charge in [0.05, 0.1) is 0 Å². The summed E-state index contributed by atoms with van der Waals surface area (Å²) in [5.74, 6) is -1.14. The maximum atomic E-state index is 8.45. The van der Waals surface area contributed by atoms with E-state index in [0.29, 0.717) is 5.92 Å². The number of hydrogen-bond acceptors (Lipinski definition) is 0. The molecule has 0 bridgehead atoms. The molecule has 0 N–H and O–H groups in total. The van der Waals surface area contributed by atoms with Gasteiger partial charge in [-0.25, -0.2) is 0 Å². The number of hydrogen-bond donors (Lipinski definition) is 0. The van der Waals surface area contributed by atoms with Gasteiger partial charge in [0.25, 0.3) is 0 Å². The van der Waals surface area contributed by atoms with Gasteiger partial charge in [0.15, 0.2) is 0 Å². The molecule has 0 aromatic heterocycles. The minimum atomic E-state index is -4.66. The van der Waals surface area contributed by atoms with Crippen LogP contribution in [0.5, 0.6) is 0 Å². The fraction of sp³-hybridized carbons (Fsp3) is 0.333. The average Bonchev–Trinajstić information content (AvgIpc) is 3.39. The minimum absolute atomic E-state index is 0.134. The molecule has 0 saturated heterocycles. The molecule has 0 spiro atoms. The van der Waals surface area contributed by atoms with Crippen LogP contribution in [0, 0.1) is 26.7 Å². The molecule has 0 heterocycles. The summed E-state index contributed by atoms with van der Waals surface area (Å²) in [6.45, 7) is 18.5. The average molecular weight is 626 g/mol. The molecule has 4 heteroatoms. The zero-order valence-electron chi connectivity index (χ0n) is 23.4. The van der Waals surface area contributed by atoms with Crippen LogP contribution in [-0.2, 0) is 15.6 Å². The molecule has 0 radical (unpaired) electrons. The van der Waals surface area contributed by atoms with Crippen molar-refractivity contribution in [1.29, 1.82) is 0 Å². The van der Waals surface area contributed by atoms with E-state index in [1.165, 1.54) is 61.2 Å². The van der Waals surface area contributed by atoms with Crippen molar-refractivity contribution in [2.75, 3.05) is 0 Å². The number of rotatable bonds is 5. The van der Waals surface area contributed by atoms with E-state index in [1.54, 1.807) is 0 Å². The van der Waals surface area contributed by atoms with Crippen LogP contribution in [0.2, 0.25) is 13.1 Å². The predicted molar refractivity (Wildman–Crippen MR) is 165 cm³/mol. The quantitative estimate of drug-likeness (QED) is 0.248. The van der Waals surface area contributed by atoms with Crippen molar-refractivity contribution in [3.63, 3.8) is 0 Å². The van der Waals surface area contributed by atoms with E-state index in [4.69, 9.17) is 17.0 Å². The van der Waals surface area contributed by atoms with Gasteiger partial charge < -0.3 is 0 Å². The summed E-state index contributed by atoms with van der Waals surface area (Å²) >= 11 is -4.66. The number of fused-ring (bicyclic) bond motifs is 2. The molecule has 0 nitrogen and oxygen atoms in total. The first-order valence-corrected chi connectivity index (χ1v) is 29.9. The van der Waals surface area contributed by atoms with Gasteiger partial charge in [-0.3, -0.25) is 0 Å². The Kier molecular flexibility index (Phi) is 7.02. The van der Waals surface area contributed by atoms with E-state index in [1.807, 2.05) is 0 Å². The molecule has 37 heavy (non-hydrogen) atoms. The second-order valence-electron chi connectivity index (χ2n) is 12.1. The van der Waals surface area contributed by atoms with E-state index < -0.39 is 21.5 Å². The Morgan fingerprint density at radius 1 is 0.784 bits per heavy atom. The van der Waals surface area contributed by atoms with Gasteiger partial charge in [-0.05, 0) is 0 Å². The van der Waals surface area contributed by atoms with Gasteiger partial charge in [-0.1, -0.05) is 0 Å². The SMILES string of the molecule is CC1=Cc2c(-c3ccccc3)ccc(C)c2[CH]1[Zr]([Cl])([Cl])([CH]1C(C(C)C)=Cc2cc(C)c(C)cc21)[SiH](C)C. The van der Waals surface area contributed by atoms with Gasteiger partial charge in [-0.2, -0.15) is 0 Å². The molecule has 2 atom stereocenters. The molecule has 0 amide bonds. The van der Waals surface area contributed by atoms with Crippen molar-refractivity contribution < 1.29 is 15.6 Å². The van der Waals surface area contributed by atoms with E-state index in [9.17, 15) is 0 Å². The van der Waals surface area contributed by atoms with Crippen molar-refractivity contribution in [3.05, 3.63) is 105 Å². The molecule has 5 rings (SSSR count). The summed E-state index contributed by atoms with van der Waals surface area (Å²) in [5.41, 5.74) is 14.8. The van der Waals surface area contributed by atoms with Crippen LogP contribution in [-0.4, -0.2) is 5.92 Å². The van der Waals surface area contributed by atoms with Crippen LogP contribution in [0.4, 0.5) is 0 Å². The normalized spacial score (nSPS) is 19.9. The van der Waals surface area contributed by atoms with Crippen LogP contribution in [0.3, 0.4) is 0 Å². The first-order valence-electron chi connectivity index (χ1n) is 13.6. The van der Waals surface area contributed by atoms with Gasteiger partial charge in [0.2, 0.25) is 0 Å². The van der Waals surface area contributed by atoms with E-state index in [-0.39, 0.29) is 7.25 Å². The van der Waals surface area contributed by atoms with Crippen molar-refractivity contribution >= 4 is 35.1 Å². The number of halogens is 2. The number of aryl methyl sites for hydroxylation is 3. The van der Waals surface area contributed by atoms with Crippen LogP contribution >= 0.6 is 17.0 Å². The van der Waals surface area contributed by atoms with Crippen molar-refractivity contribution in [2.45, 2.75) is 61.9 Å². The Morgan fingerprint density at radius 2 is 1.43 bits per heavy atom. The number of benzene rings is 3. The molecule has 0 saturated carbocycles. The second-order valence-corrected chi connectivity index (χ2v) is 54.6. The number of allylic oxidation sites excluding steroid dienone is 2. The van der Waals surface area contributed by atoms with E-state index in [0.717, 1.165) is 0 Å². The summed E-state index contributed by atoms with van der Waals surface area (Å²) in [5, 5.41) is 0. The predicted octanol–water partition coefficient (Wildman–Crippen LogP) is 10.5. The molecule has 2 aliphatic carbocycles. The Balaban J connectivity index is 1.81. The fourth-order valence-electron chi connectivity index (χ4n) is 7.03. The summed E-state index contributed by atoms with van der Waals surface area (Å²) in [4.78, 5) is 0. The molecule has 0 aliphatic heterocycles. The molecule has 2 unspecified atom stereocenters. The standard InChI is InChI=1S/C17H15.C14H17.C2H7Si.2ClH.Zr/c1-12-10-16-13(2)8-9-15(17(16)11-12)14-6-4-3-5-7-14;1-9(2)12-7-13-5-10(3)11(4)6-14(13)8-12;1-3-2;;;/h3-11H,1-2H3;5-9H,1-4H3;3H,1-2H3;2*1H;/q;;;;;+2/p-2. The third kappa shape index (κ3) is 4.09. The first-order chi connectivity index (χ1) is 17.4. The van der Waals surface area contributed by atoms with E-state index in [2.05, 4.69) is 121 Å². The van der Waals surface area contributed by atoms with Crippen molar-refractivity contribution in [2.24, 2.45) is 5.92 Å². The Bertz CT molecular complexity index is 1460. The summed E-state index contributed by atoms with van der Waals surface area (Å²) in [7, 11) is 16.9. The van der Waals surface area contributed by atoms with Gasteiger partial charge >= 0.3 is 234 Å². The van der Waals surface area contributed by atoms with Crippen molar-refractivity contribution in [3.8, 4) is 11.1 Å². The first kappa shape index (κ1) is 27.4. The maximum absolute atomic E-state index is 8.45. The summed E-state index contributed by atoms with van der Waals surface area (Å²) < 4.78 is 0.291. The second kappa shape index (κ2) is 9.48. The Hall–Kier alpha value is -1.18. The molecule has 3 aromatic rings.